The quantitative estimate of drug-likeness (QED) is 0.359. The van der Waals surface area contributed by atoms with Crippen molar-refractivity contribution in [1.29, 1.82) is 0 Å². The molecule has 25 heavy (non-hydrogen) atoms. The first kappa shape index (κ1) is 22.0. The second-order valence-corrected chi connectivity index (χ2v) is 8.80. The molecule has 0 aromatic heterocycles. The molecule has 0 spiro atoms. The van der Waals surface area contributed by atoms with E-state index in [4.69, 9.17) is 13.3 Å². The molecule has 0 saturated carbocycles. The third-order valence-corrected chi connectivity index (χ3v) is 6.31. The lowest BCUT2D eigenvalue weighted by molar-refractivity contribution is -0.0895. The Morgan fingerprint density at radius 3 is 1.52 bits per heavy atom. The lowest BCUT2D eigenvalue weighted by atomic mass is 10.2. The zero-order valence-electron chi connectivity index (χ0n) is 15.0. The fraction of sp³-hybridized carbons (Fsp3) is 0.625. The molecule has 144 valence electrons. The van der Waals surface area contributed by atoms with Crippen LogP contribution < -0.4 is 0 Å². The molecule has 0 N–H and O–H groups in total. The summed E-state index contributed by atoms with van der Waals surface area (Å²) < 4.78 is 87.4. The number of hydrogen-bond donors (Lipinski definition) is 0. The molecule has 0 aliphatic rings. The van der Waals surface area contributed by atoms with Crippen molar-refractivity contribution in [2.75, 3.05) is 0 Å². The fourth-order valence-electron chi connectivity index (χ4n) is 2.17. The van der Waals surface area contributed by atoms with Crippen LogP contribution in [0.1, 0.15) is 47.1 Å². The highest BCUT2D eigenvalue weighted by atomic mass is 28.4. The van der Waals surface area contributed by atoms with Crippen LogP contribution in [0.5, 0.6) is 0 Å². The van der Waals surface area contributed by atoms with Crippen LogP contribution in [0.15, 0.2) is 12.1 Å². The zero-order valence-corrected chi connectivity index (χ0v) is 16.0. The predicted octanol–water partition coefficient (Wildman–Crippen LogP) is 4.95. The molecule has 1 aromatic rings. The Labute approximate surface area is 145 Å². The topological polar surface area (TPSA) is 27.7 Å². The van der Waals surface area contributed by atoms with E-state index >= 15 is 8.78 Å². The molecule has 9 heteroatoms. The fourth-order valence-corrected chi connectivity index (χ4v) is 5.17. The molecule has 0 atom stereocenters. The molecule has 0 amide bonds. The van der Waals surface area contributed by atoms with Gasteiger partial charge in [-0.05, 0) is 53.7 Å². The van der Waals surface area contributed by atoms with Crippen LogP contribution in [0.25, 0.3) is 0 Å². The van der Waals surface area contributed by atoms with Gasteiger partial charge in [0.15, 0.2) is 17.5 Å². The molecule has 0 radical (unpaired) electrons. The Hall–Kier alpha value is -1.03. The largest absolute Gasteiger partial charge is 0.580 e. The van der Waals surface area contributed by atoms with Crippen LogP contribution >= 0.6 is 0 Å². The Morgan fingerprint density at radius 2 is 1.16 bits per heavy atom. The summed E-state index contributed by atoms with van der Waals surface area (Å²) in [7, 11) is -4.89. The third-order valence-electron chi connectivity index (χ3n) is 2.93. The van der Waals surface area contributed by atoms with E-state index in [2.05, 4.69) is 0 Å². The Bertz CT molecular complexity index is 567. The minimum absolute atomic E-state index is 0.431. The first-order valence-electron chi connectivity index (χ1n) is 7.89. The smallest absolute Gasteiger partial charge is 0.367 e. The predicted molar refractivity (Wildman–Crippen MR) is 84.6 cm³/mol. The van der Waals surface area contributed by atoms with Crippen molar-refractivity contribution >= 4 is 8.80 Å². The molecule has 0 saturated heterocycles. The van der Waals surface area contributed by atoms with Crippen molar-refractivity contribution < 1.29 is 35.2 Å². The van der Waals surface area contributed by atoms with Crippen LogP contribution in [-0.4, -0.2) is 27.1 Å². The van der Waals surface area contributed by atoms with Crippen molar-refractivity contribution in [2.24, 2.45) is 0 Å². The van der Waals surface area contributed by atoms with E-state index in [-0.39, 0.29) is 0 Å². The van der Waals surface area contributed by atoms with Gasteiger partial charge in [0.05, 0.1) is 5.56 Å². The highest BCUT2D eigenvalue weighted by Gasteiger charge is 2.68. The monoisotopic (exact) mass is 386 g/mol. The van der Waals surface area contributed by atoms with Crippen molar-refractivity contribution in [2.45, 2.75) is 65.4 Å². The average molecular weight is 386 g/mol. The maximum atomic E-state index is 15.3. The van der Waals surface area contributed by atoms with Crippen LogP contribution in [0.3, 0.4) is 0 Å². The highest BCUT2D eigenvalue weighted by Crippen LogP contribution is 2.43. The van der Waals surface area contributed by atoms with Gasteiger partial charge in [-0.3, -0.25) is 0 Å². The van der Waals surface area contributed by atoms with Crippen LogP contribution in [0.4, 0.5) is 22.0 Å². The molecule has 0 aliphatic carbocycles. The first-order valence-corrected chi connectivity index (χ1v) is 9.61. The van der Waals surface area contributed by atoms with E-state index < -0.39 is 55.7 Å². The standard InChI is InChI=1S/C16H23F5O3Si/c1-9(2)22-25(23-10(3)4,24-11(5)6)16(20,21)12-7-8-13(17)15(19)14(12)18/h7-11H,1-6H3. The number of alkyl halides is 2. The summed E-state index contributed by atoms with van der Waals surface area (Å²) in [6.45, 7) is 8.96. The van der Waals surface area contributed by atoms with Gasteiger partial charge in [0.25, 0.3) is 0 Å². The Morgan fingerprint density at radius 1 is 0.760 bits per heavy atom. The molecule has 0 aliphatic heterocycles. The second-order valence-electron chi connectivity index (χ2n) is 6.35. The van der Waals surface area contributed by atoms with Gasteiger partial charge in [-0.25, -0.2) is 13.2 Å². The third kappa shape index (κ3) is 4.78. The molecule has 0 unspecified atom stereocenters. The van der Waals surface area contributed by atoms with Gasteiger partial charge < -0.3 is 13.3 Å². The molecule has 1 aromatic carbocycles. The number of halogens is 5. The molecule has 3 nitrogen and oxygen atoms in total. The van der Waals surface area contributed by atoms with E-state index in [9.17, 15) is 13.2 Å². The molecule has 1 rings (SSSR count). The number of benzene rings is 1. The molecule has 0 bridgehead atoms. The van der Waals surface area contributed by atoms with E-state index in [0.717, 1.165) is 0 Å². The normalized spacial score (nSPS) is 13.4. The van der Waals surface area contributed by atoms with E-state index in [0.29, 0.717) is 12.1 Å². The highest BCUT2D eigenvalue weighted by molar-refractivity contribution is 6.63. The van der Waals surface area contributed by atoms with Gasteiger partial charge in [-0.2, -0.15) is 8.78 Å². The SMILES string of the molecule is CC(C)O[Si](OC(C)C)(OC(C)C)C(F)(F)c1ccc(F)c(F)c1F. The lowest BCUT2D eigenvalue weighted by Crippen LogP contribution is -2.62. The van der Waals surface area contributed by atoms with Crippen LogP contribution in [-0.2, 0) is 18.8 Å². The summed E-state index contributed by atoms with van der Waals surface area (Å²) in [6, 6.07) is 0.910. The summed E-state index contributed by atoms with van der Waals surface area (Å²) in [4.78, 5) is 0. The molecule has 0 fully saturated rings. The van der Waals surface area contributed by atoms with Crippen molar-refractivity contribution in [3.8, 4) is 0 Å². The lowest BCUT2D eigenvalue weighted by Gasteiger charge is -2.39. The first-order chi connectivity index (χ1) is 11.3. The van der Waals surface area contributed by atoms with Gasteiger partial charge in [-0.15, -0.1) is 0 Å². The van der Waals surface area contributed by atoms with Gasteiger partial charge in [0, 0.05) is 18.3 Å². The maximum absolute atomic E-state index is 15.3. The summed E-state index contributed by atoms with van der Waals surface area (Å²) >= 11 is 0. The number of hydrogen-bond acceptors (Lipinski definition) is 3. The zero-order chi connectivity index (χ0) is 19.6. The van der Waals surface area contributed by atoms with E-state index in [1.807, 2.05) is 0 Å². The summed E-state index contributed by atoms with van der Waals surface area (Å²) in [5.41, 5.74) is -5.50. The van der Waals surface area contributed by atoms with Crippen LogP contribution in [0, 0.1) is 17.5 Å². The van der Waals surface area contributed by atoms with Gasteiger partial charge in [0.2, 0.25) is 0 Å². The van der Waals surface area contributed by atoms with E-state index in [1.54, 1.807) is 0 Å². The minimum Gasteiger partial charge on any atom is -0.367 e. The van der Waals surface area contributed by atoms with E-state index in [1.165, 1.54) is 41.5 Å². The summed E-state index contributed by atoms with van der Waals surface area (Å²) in [5, 5.41) is 0. The molecular weight excluding hydrogens is 363 g/mol. The summed E-state index contributed by atoms with van der Waals surface area (Å²) in [6.07, 6.45) is -2.20. The Balaban J connectivity index is 3.61. The minimum atomic E-state index is -4.89. The van der Waals surface area contributed by atoms with Gasteiger partial charge >= 0.3 is 14.4 Å². The van der Waals surface area contributed by atoms with Gasteiger partial charge in [0.1, 0.15) is 0 Å². The molecule has 0 heterocycles. The molecular formula is C16H23F5O3Si. The Kier molecular flexibility index (Phi) is 7.14. The van der Waals surface area contributed by atoms with Crippen molar-refractivity contribution in [3.63, 3.8) is 0 Å². The maximum Gasteiger partial charge on any atom is 0.580 e. The van der Waals surface area contributed by atoms with Crippen molar-refractivity contribution in [1.82, 2.24) is 0 Å². The number of rotatable bonds is 8. The second kappa shape index (κ2) is 8.11. The van der Waals surface area contributed by atoms with Gasteiger partial charge in [-0.1, -0.05) is 0 Å². The van der Waals surface area contributed by atoms with Crippen molar-refractivity contribution in [3.05, 3.63) is 35.1 Å². The summed E-state index contributed by atoms with van der Waals surface area (Å²) in [5.74, 6) is -5.55. The average Bonchev–Trinajstić information content (AvgIpc) is 2.42. The van der Waals surface area contributed by atoms with Crippen LogP contribution in [0.2, 0.25) is 0 Å².